The van der Waals surface area contributed by atoms with Crippen molar-refractivity contribution in [3.63, 3.8) is 0 Å². The van der Waals surface area contributed by atoms with Gasteiger partial charge in [0.15, 0.2) is 0 Å². The Morgan fingerprint density at radius 3 is 2.63 bits per heavy atom. The Hall–Kier alpha value is -3.12. The summed E-state index contributed by atoms with van der Waals surface area (Å²) in [6, 6.07) is 16.0. The highest BCUT2D eigenvalue weighted by atomic mass is 16.5. The van der Waals surface area contributed by atoms with E-state index in [1.807, 2.05) is 67.9 Å². The van der Waals surface area contributed by atoms with Crippen molar-refractivity contribution in [3.05, 3.63) is 70.9 Å². The number of aromatic nitrogens is 2. The fourth-order valence-corrected chi connectivity index (χ4v) is 3.26. The van der Waals surface area contributed by atoms with Gasteiger partial charge in [0.2, 0.25) is 11.8 Å². The molecule has 0 saturated heterocycles. The standard InChI is InChI=1S/C24H29N3O3/c1-17-8-7-10-20(16-17)27-24(30-22-11-6-5-9-18(22)2)21(19(3)26-27)12-13-23(28)25-14-15-29-4/h5-11,16H,12-15H2,1-4H3,(H,25,28). The highest BCUT2D eigenvalue weighted by Gasteiger charge is 2.20. The molecule has 3 rings (SSSR count). The average Bonchev–Trinajstić information content (AvgIpc) is 3.03. The zero-order valence-corrected chi connectivity index (χ0v) is 18.1. The molecule has 0 aliphatic carbocycles. The second kappa shape index (κ2) is 10.1. The number of carbonyl (C=O) groups excluding carboxylic acids is 1. The Labute approximate surface area is 177 Å². The molecule has 6 nitrogen and oxygen atoms in total. The molecule has 0 unspecified atom stereocenters. The van der Waals surface area contributed by atoms with Crippen molar-refractivity contribution in [1.82, 2.24) is 15.1 Å². The van der Waals surface area contributed by atoms with E-state index in [9.17, 15) is 4.79 Å². The molecular formula is C24H29N3O3. The molecule has 6 heteroatoms. The molecule has 30 heavy (non-hydrogen) atoms. The lowest BCUT2D eigenvalue weighted by Crippen LogP contribution is -2.27. The highest BCUT2D eigenvalue weighted by Crippen LogP contribution is 2.33. The second-order valence-electron chi connectivity index (χ2n) is 7.33. The SMILES string of the molecule is COCCNC(=O)CCc1c(C)nn(-c2cccc(C)c2)c1Oc1ccccc1C. The van der Waals surface area contributed by atoms with Crippen molar-refractivity contribution < 1.29 is 14.3 Å². The van der Waals surface area contributed by atoms with Crippen molar-refractivity contribution in [2.24, 2.45) is 0 Å². The van der Waals surface area contributed by atoms with Gasteiger partial charge < -0.3 is 14.8 Å². The molecule has 3 aromatic rings. The number of nitrogens with zero attached hydrogens (tertiary/aromatic N) is 2. The van der Waals surface area contributed by atoms with Crippen molar-refractivity contribution in [1.29, 1.82) is 0 Å². The summed E-state index contributed by atoms with van der Waals surface area (Å²) in [6.07, 6.45) is 0.895. The van der Waals surface area contributed by atoms with E-state index in [2.05, 4.69) is 11.4 Å². The normalized spacial score (nSPS) is 10.8. The van der Waals surface area contributed by atoms with E-state index < -0.39 is 0 Å². The first-order valence-corrected chi connectivity index (χ1v) is 10.1. The minimum atomic E-state index is -0.0170. The molecular weight excluding hydrogens is 378 g/mol. The average molecular weight is 408 g/mol. The van der Waals surface area contributed by atoms with Crippen LogP contribution >= 0.6 is 0 Å². The largest absolute Gasteiger partial charge is 0.438 e. The summed E-state index contributed by atoms with van der Waals surface area (Å²) in [6.45, 7) is 7.02. The first kappa shape index (κ1) is 21.6. The minimum Gasteiger partial charge on any atom is -0.438 e. The molecule has 0 aliphatic rings. The predicted molar refractivity (Wildman–Crippen MR) is 117 cm³/mol. The zero-order chi connectivity index (χ0) is 21.5. The molecule has 0 spiro atoms. The van der Waals surface area contributed by atoms with Crippen molar-refractivity contribution in [3.8, 4) is 17.3 Å². The summed E-state index contributed by atoms with van der Waals surface area (Å²) in [7, 11) is 1.62. The van der Waals surface area contributed by atoms with Crippen LogP contribution in [0.3, 0.4) is 0 Å². The number of ether oxygens (including phenoxy) is 2. The molecule has 0 radical (unpaired) electrons. The van der Waals surface area contributed by atoms with Crippen LogP contribution in [0.25, 0.3) is 5.69 Å². The Balaban J connectivity index is 1.93. The second-order valence-corrected chi connectivity index (χ2v) is 7.33. The van der Waals surface area contributed by atoms with E-state index in [0.717, 1.165) is 33.8 Å². The number of benzene rings is 2. The fraction of sp³-hybridized carbons (Fsp3) is 0.333. The molecule has 1 aromatic heterocycles. The molecule has 158 valence electrons. The van der Waals surface area contributed by atoms with Crippen molar-refractivity contribution in [2.75, 3.05) is 20.3 Å². The van der Waals surface area contributed by atoms with E-state index >= 15 is 0 Å². The van der Waals surface area contributed by atoms with Gasteiger partial charge in [0.25, 0.3) is 0 Å². The van der Waals surface area contributed by atoms with E-state index in [0.29, 0.717) is 31.9 Å². The lowest BCUT2D eigenvalue weighted by molar-refractivity contribution is -0.121. The minimum absolute atomic E-state index is 0.0170. The maximum Gasteiger partial charge on any atom is 0.226 e. The Morgan fingerprint density at radius 1 is 1.10 bits per heavy atom. The molecule has 0 bridgehead atoms. The number of carbonyl (C=O) groups is 1. The lowest BCUT2D eigenvalue weighted by atomic mass is 10.1. The molecule has 0 fully saturated rings. The van der Waals surface area contributed by atoms with Crippen LogP contribution in [0.15, 0.2) is 48.5 Å². The summed E-state index contributed by atoms with van der Waals surface area (Å²) >= 11 is 0. The van der Waals surface area contributed by atoms with E-state index in [4.69, 9.17) is 14.6 Å². The number of amides is 1. The summed E-state index contributed by atoms with van der Waals surface area (Å²) < 4.78 is 13.2. The third-order valence-corrected chi connectivity index (χ3v) is 4.91. The van der Waals surface area contributed by atoms with Gasteiger partial charge in [0.1, 0.15) is 5.75 Å². The van der Waals surface area contributed by atoms with Crippen LogP contribution in [-0.2, 0) is 16.0 Å². The quantitative estimate of drug-likeness (QED) is 0.538. The van der Waals surface area contributed by atoms with Crippen LogP contribution in [-0.4, -0.2) is 35.9 Å². The first-order valence-electron chi connectivity index (χ1n) is 10.1. The molecule has 0 atom stereocenters. The number of aryl methyl sites for hydroxylation is 3. The maximum absolute atomic E-state index is 12.2. The van der Waals surface area contributed by atoms with Gasteiger partial charge in [0.05, 0.1) is 18.0 Å². The van der Waals surface area contributed by atoms with Gasteiger partial charge in [-0.15, -0.1) is 0 Å². The maximum atomic E-state index is 12.2. The number of nitrogens with one attached hydrogen (secondary N) is 1. The van der Waals surface area contributed by atoms with Gasteiger partial charge in [-0.05, 0) is 56.5 Å². The predicted octanol–water partition coefficient (Wildman–Crippen LogP) is 4.29. The molecule has 2 aromatic carbocycles. The molecule has 0 saturated carbocycles. The third kappa shape index (κ3) is 5.27. The Bertz CT molecular complexity index is 1010. The van der Waals surface area contributed by atoms with Crippen LogP contribution in [0.5, 0.6) is 11.6 Å². The van der Waals surface area contributed by atoms with Gasteiger partial charge in [0, 0.05) is 25.6 Å². The zero-order valence-electron chi connectivity index (χ0n) is 18.1. The fourth-order valence-electron chi connectivity index (χ4n) is 3.26. The Morgan fingerprint density at radius 2 is 1.90 bits per heavy atom. The smallest absolute Gasteiger partial charge is 0.226 e. The van der Waals surface area contributed by atoms with Gasteiger partial charge in [-0.2, -0.15) is 5.10 Å². The molecule has 1 N–H and O–H groups in total. The molecule has 1 heterocycles. The number of rotatable bonds is 9. The van der Waals surface area contributed by atoms with Crippen LogP contribution in [0.2, 0.25) is 0 Å². The van der Waals surface area contributed by atoms with E-state index in [1.54, 1.807) is 7.11 Å². The van der Waals surface area contributed by atoms with Crippen LogP contribution in [0.1, 0.15) is 28.8 Å². The summed E-state index contributed by atoms with van der Waals surface area (Å²) in [5, 5.41) is 7.61. The van der Waals surface area contributed by atoms with Gasteiger partial charge in [-0.3, -0.25) is 4.79 Å². The number of methoxy groups -OCH3 is 1. The Kier molecular flexibility index (Phi) is 7.25. The van der Waals surface area contributed by atoms with Crippen LogP contribution < -0.4 is 10.1 Å². The third-order valence-electron chi connectivity index (χ3n) is 4.91. The topological polar surface area (TPSA) is 65.4 Å². The highest BCUT2D eigenvalue weighted by molar-refractivity contribution is 5.76. The van der Waals surface area contributed by atoms with E-state index in [-0.39, 0.29) is 5.91 Å². The monoisotopic (exact) mass is 407 g/mol. The number of para-hydroxylation sites is 1. The van der Waals surface area contributed by atoms with E-state index in [1.165, 1.54) is 0 Å². The summed E-state index contributed by atoms with van der Waals surface area (Å²) in [4.78, 5) is 12.2. The van der Waals surface area contributed by atoms with Gasteiger partial charge >= 0.3 is 0 Å². The summed E-state index contributed by atoms with van der Waals surface area (Å²) in [5.74, 6) is 1.41. The lowest BCUT2D eigenvalue weighted by Gasteiger charge is -2.13. The number of hydrogen-bond acceptors (Lipinski definition) is 4. The molecule has 1 amide bonds. The number of hydrogen-bond donors (Lipinski definition) is 1. The first-order chi connectivity index (χ1) is 14.5. The van der Waals surface area contributed by atoms with Gasteiger partial charge in [-0.1, -0.05) is 30.3 Å². The van der Waals surface area contributed by atoms with Gasteiger partial charge in [-0.25, -0.2) is 4.68 Å². The van der Waals surface area contributed by atoms with Crippen molar-refractivity contribution >= 4 is 5.91 Å². The summed E-state index contributed by atoms with van der Waals surface area (Å²) in [5.41, 5.74) is 4.89. The molecule has 0 aliphatic heterocycles. The van der Waals surface area contributed by atoms with Crippen LogP contribution in [0, 0.1) is 20.8 Å². The van der Waals surface area contributed by atoms with Crippen molar-refractivity contribution in [2.45, 2.75) is 33.6 Å². The van der Waals surface area contributed by atoms with Crippen LogP contribution in [0.4, 0.5) is 0 Å².